The van der Waals surface area contributed by atoms with Gasteiger partial charge in [0.2, 0.25) is 0 Å². The highest BCUT2D eigenvalue weighted by Crippen LogP contribution is 2.49. The Morgan fingerprint density at radius 1 is 0.438 bits per heavy atom. The van der Waals surface area contributed by atoms with Gasteiger partial charge in [-0.25, -0.2) is 4.98 Å². The largest absolute Gasteiger partial charge is 0.309 e. The van der Waals surface area contributed by atoms with E-state index in [2.05, 4.69) is 161 Å². The molecule has 4 heteroatoms. The molecule has 6 aromatic carbocycles. The zero-order valence-electron chi connectivity index (χ0n) is 26.6. The van der Waals surface area contributed by atoms with Gasteiger partial charge < -0.3 is 9.13 Å². The lowest BCUT2D eigenvalue weighted by atomic mass is 9.74. The van der Waals surface area contributed by atoms with Crippen molar-refractivity contribution in [1.29, 1.82) is 0 Å². The van der Waals surface area contributed by atoms with Crippen LogP contribution in [-0.4, -0.2) is 18.7 Å². The Balaban J connectivity index is 1.30. The first-order chi connectivity index (χ1) is 23.6. The maximum atomic E-state index is 4.78. The number of hydrogen-bond acceptors (Lipinski definition) is 1. The summed E-state index contributed by atoms with van der Waals surface area (Å²) >= 11 is 0. The highest BCUT2D eigenvalue weighted by Gasteiger charge is 2.35. The molecule has 0 radical (unpaired) electrons. The standard InChI is InChI=1S/C44H30N4/c1-44(2)34-16-6-10-20-39(34)48-38-19-9-5-15-30(38)33-23-27(24-35(44)43(33)48)46-36-17-7-3-13-28(36)31-26-41-32(25-40(31)46)29-14-4-8-18-37(29)47(41)42-21-11-12-22-45-42/h3-26H,1-2H3. The predicted molar refractivity (Wildman–Crippen MR) is 199 cm³/mol. The summed E-state index contributed by atoms with van der Waals surface area (Å²) in [6, 6.07) is 51.2. The molecule has 4 aromatic heterocycles. The van der Waals surface area contributed by atoms with Crippen LogP contribution in [0.5, 0.6) is 0 Å². The number of fused-ring (bicyclic) bond motifs is 11. The second-order valence-corrected chi connectivity index (χ2v) is 13.7. The molecule has 1 aliphatic rings. The molecule has 0 fully saturated rings. The van der Waals surface area contributed by atoms with E-state index in [1.165, 1.54) is 76.9 Å². The predicted octanol–water partition coefficient (Wildman–Crippen LogP) is 11.0. The summed E-state index contributed by atoms with van der Waals surface area (Å²) < 4.78 is 7.29. The average Bonchev–Trinajstić information content (AvgIpc) is 3.76. The molecule has 48 heavy (non-hydrogen) atoms. The van der Waals surface area contributed by atoms with Gasteiger partial charge in [-0.15, -0.1) is 0 Å². The van der Waals surface area contributed by atoms with Gasteiger partial charge in [-0.1, -0.05) is 92.7 Å². The fourth-order valence-electron chi connectivity index (χ4n) is 8.72. The van der Waals surface area contributed by atoms with E-state index in [1.54, 1.807) is 0 Å². The van der Waals surface area contributed by atoms with Crippen LogP contribution in [0, 0.1) is 0 Å². The van der Waals surface area contributed by atoms with Gasteiger partial charge in [0, 0.05) is 49.6 Å². The van der Waals surface area contributed by atoms with E-state index in [1.807, 2.05) is 12.3 Å². The molecule has 1 aliphatic heterocycles. The van der Waals surface area contributed by atoms with Gasteiger partial charge >= 0.3 is 0 Å². The van der Waals surface area contributed by atoms with Crippen molar-refractivity contribution in [2.45, 2.75) is 19.3 Å². The van der Waals surface area contributed by atoms with Gasteiger partial charge in [-0.2, -0.15) is 0 Å². The summed E-state index contributed by atoms with van der Waals surface area (Å²) in [6.45, 7) is 4.76. The van der Waals surface area contributed by atoms with Crippen LogP contribution in [0.2, 0.25) is 0 Å². The third-order valence-corrected chi connectivity index (χ3v) is 10.8. The van der Waals surface area contributed by atoms with Gasteiger partial charge in [0.1, 0.15) is 5.82 Å². The van der Waals surface area contributed by atoms with E-state index in [0.29, 0.717) is 0 Å². The van der Waals surface area contributed by atoms with Crippen molar-refractivity contribution in [2.75, 3.05) is 0 Å². The Kier molecular flexibility index (Phi) is 4.88. The number of benzene rings is 6. The first kappa shape index (κ1) is 26.0. The summed E-state index contributed by atoms with van der Waals surface area (Å²) in [6.07, 6.45) is 1.87. The lowest BCUT2D eigenvalue weighted by Crippen LogP contribution is -2.26. The lowest BCUT2D eigenvalue weighted by Gasteiger charge is -2.35. The number of para-hydroxylation sites is 4. The highest BCUT2D eigenvalue weighted by molar-refractivity contribution is 6.19. The lowest BCUT2D eigenvalue weighted by molar-refractivity contribution is 0.630. The Hall–Kier alpha value is -6.13. The normalized spacial score (nSPS) is 13.8. The van der Waals surface area contributed by atoms with Crippen molar-refractivity contribution in [1.82, 2.24) is 18.7 Å². The van der Waals surface area contributed by atoms with Gasteiger partial charge in [0.15, 0.2) is 0 Å². The zero-order chi connectivity index (χ0) is 31.7. The summed E-state index contributed by atoms with van der Waals surface area (Å²) in [5.74, 6) is 0.926. The van der Waals surface area contributed by atoms with E-state index < -0.39 is 0 Å². The van der Waals surface area contributed by atoms with Crippen molar-refractivity contribution in [3.63, 3.8) is 0 Å². The van der Waals surface area contributed by atoms with Gasteiger partial charge in [0.05, 0.1) is 38.8 Å². The smallest absolute Gasteiger partial charge is 0.137 e. The molecular weight excluding hydrogens is 585 g/mol. The second kappa shape index (κ2) is 9.02. The van der Waals surface area contributed by atoms with Crippen LogP contribution in [-0.2, 0) is 5.41 Å². The van der Waals surface area contributed by atoms with Crippen LogP contribution in [0.3, 0.4) is 0 Å². The van der Waals surface area contributed by atoms with Crippen molar-refractivity contribution < 1.29 is 0 Å². The summed E-state index contributed by atoms with van der Waals surface area (Å²) in [4.78, 5) is 4.78. The molecule has 226 valence electrons. The Morgan fingerprint density at radius 3 is 1.69 bits per heavy atom. The maximum Gasteiger partial charge on any atom is 0.137 e. The van der Waals surface area contributed by atoms with E-state index in [9.17, 15) is 0 Å². The third-order valence-electron chi connectivity index (χ3n) is 10.8. The molecule has 5 heterocycles. The summed E-state index contributed by atoms with van der Waals surface area (Å²) in [5, 5.41) is 7.50. The molecule has 0 aliphatic carbocycles. The molecular formula is C44H30N4. The molecule has 0 spiro atoms. The average molecular weight is 615 g/mol. The van der Waals surface area contributed by atoms with Crippen LogP contribution in [0.15, 0.2) is 146 Å². The minimum Gasteiger partial charge on any atom is -0.309 e. The molecule has 4 nitrogen and oxygen atoms in total. The molecule has 11 rings (SSSR count). The van der Waals surface area contributed by atoms with Gasteiger partial charge in [-0.05, 0) is 71.8 Å². The first-order valence-electron chi connectivity index (χ1n) is 16.7. The van der Waals surface area contributed by atoms with Crippen molar-refractivity contribution in [3.8, 4) is 17.2 Å². The van der Waals surface area contributed by atoms with E-state index in [4.69, 9.17) is 4.98 Å². The number of pyridine rings is 1. The van der Waals surface area contributed by atoms with E-state index in [-0.39, 0.29) is 5.41 Å². The Morgan fingerprint density at radius 2 is 1.00 bits per heavy atom. The Bertz CT molecular complexity index is 2970. The Labute approximate surface area is 276 Å². The SMILES string of the molecule is CC1(C)c2ccccc2-n2c3ccccc3c3cc(-n4c5ccccc5c5cc6c(cc54)c4ccccc4n6-c4ccccn4)cc1c32. The molecule has 0 unspecified atom stereocenters. The van der Waals surface area contributed by atoms with E-state index >= 15 is 0 Å². The van der Waals surface area contributed by atoms with Crippen LogP contribution < -0.4 is 0 Å². The third kappa shape index (κ3) is 3.17. The second-order valence-electron chi connectivity index (χ2n) is 13.7. The van der Waals surface area contributed by atoms with Crippen LogP contribution in [0.1, 0.15) is 25.0 Å². The quantitative estimate of drug-likeness (QED) is 0.190. The first-order valence-corrected chi connectivity index (χ1v) is 16.7. The van der Waals surface area contributed by atoms with Gasteiger partial charge in [-0.3, -0.25) is 4.57 Å². The van der Waals surface area contributed by atoms with E-state index in [0.717, 1.165) is 16.9 Å². The number of nitrogens with zero attached hydrogens (tertiary/aromatic N) is 4. The summed E-state index contributed by atoms with van der Waals surface area (Å²) in [5.41, 5.74) is 12.3. The molecule has 0 amide bonds. The van der Waals surface area contributed by atoms with Crippen LogP contribution in [0.4, 0.5) is 0 Å². The number of aromatic nitrogens is 4. The van der Waals surface area contributed by atoms with Crippen LogP contribution in [0.25, 0.3) is 82.6 Å². The van der Waals surface area contributed by atoms with Crippen LogP contribution >= 0.6 is 0 Å². The molecule has 0 atom stereocenters. The van der Waals surface area contributed by atoms with Crippen molar-refractivity contribution in [2.24, 2.45) is 0 Å². The fourth-order valence-corrected chi connectivity index (χ4v) is 8.72. The van der Waals surface area contributed by atoms with Crippen molar-refractivity contribution >= 4 is 65.4 Å². The number of rotatable bonds is 2. The molecule has 0 saturated carbocycles. The minimum atomic E-state index is -0.183. The molecule has 10 aromatic rings. The maximum absolute atomic E-state index is 4.78. The highest BCUT2D eigenvalue weighted by atomic mass is 15.1. The zero-order valence-corrected chi connectivity index (χ0v) is 26.6. The molecule has 0 saturated heterocycles. The van der Waals surface area contributed by atoms with Gasteiger partial charge in [0.25, 0.3) is 0 Å². The topological polar surface area (TPSA) is 27.7 Å². The fraction of sp³-hybridized carbons (Fsp3) is 0.0682. The number of hydrogen-bond donors (Lipinski definition) is 0. The monoisotopic (exact) mass is 614 g/mol. The molecule has 0 N–H and O–H groups in total. The minimum absolute atomic E-state index is 0.183. The van der Waals surface area contributed by atoms with Crippen molar-refractivity contribution in [3.05, 3.63) is 157 Å². The summed E-state index contributed by atoms with van der Waals surface area (Å²) in [7, 11) is 0. The molecule has 0 bridgehead atoms.